The van der Waals surface area contributed by atoms with E-state index in [1.54, 1.807) is 7.11 Å². The third-order valence-corrected chi connectivity index (χ3v) is 4.52. The highest BCUT2D eigenvalue weighted by Gasteiger charge is 2.05. The van der Waals surface area contributed by atoms with Gasteiger partial charge in [-0.2, -0.15) is 0 Å². The highest BCUT2D eigenvalue weighted by Crippen LogP contribution is 2.21. The molecule has 0 aliphatic heterocycles. The summed E-state index contributed by atoms with van der Waals surface area (Å²) < 4.78 is 37.7. The maximum Gasteiger partial charge on any atom is 0.124 e. The second kappa shape index (κ2) is 21.6. The second-order valence-electron chi connectivity index (χ2n) is 7.11. The molecule has 1 aromatic carbocycles. The van der Waals surface area contributed by atoms with Crippen LogP contribution < -0.4 is 4.74 Å². The van der Waals surface area contributed by atoms with Gasteiger partial charge >= 0.3 is 0 Å². The molecular formula is C24H42O8. The average Bonchev–Trinajstić information content (AvgIpc) is 2.82. The van der Waals surface area contributed by atoms with Gasteiger partial charge in [-0.25, -0.2) is 0 Å². The van der Waals surface area contributed by atoms with Crippen LogP contribution in [0.5, 0.6) is 5.75 Å². The number of methoxy groups -OCH3 is 1. The van der Waals surface area contributed by atoms with Crippen molar-refractivity contribution in [1.29, 1.82) is 0 Å². The van der Waals surface area contributed by atoms with E-state index in [9.17, 15) is 5.11 Å². The predicted molar refractivity (Wildman–Crippen MR) is 122 cm³/mol. The van der Waals surface area contributed by atoms with Crippen LogP contribution >= 0.6 is 0 Å². The van der Waals surface area contributed by atoms with Gasteiger partial charge in [-0.1, -0.05) is 19.4 Å². The summed E-state index contributed by atoms with van der Waals surface area (Å²) in [4.78, 5) is 0. The lowest BCUT2D eigenvalue weighted by molar-refractivity contribution is -0.0159. The Morgan fingerprint density at radius 2 is 1.19 bits per heavy atom. The Kier molecular flexibility index (Phi) is 19.4. The first-order valence-corrected chi connectivity index (χ1v) is 11.5. The molecular weight excluding hydrogens is 416 g/mol. The molecule has 0 heterocycles. The third-order valence-electron chi connectivity index (χ3n) is 4.52. The van der Waals surface area contributed by atoms with Gasteiger partial charge in [-0.05, 0) is 30.5 Å². The quantitative estimate of drug-likeness (QED) is 0.251. The zero-order valence-corrected chi connectivity index (χ0v) is 19.9. The van der Waals surface area contributed by atoms with Crippen LogP contribution in [-0.2, 0) is 41.4 Å². The summed E-state index contributed by atoms with van der Waals surface area (Å²) in [5.41, 5.74) is 2.05. The summed E-state index contributed by atoms with van der Waals surface area (Å²) in [5, 5.41) is 9.57. The molecule has 0 aromatic heterocycles. The Morgan fingerprint density at radius 3 is 1.66 bits per heavy atom. The minimum Gasteiger partial charge on any atom is -0.491 e. The van der Waals surface area contributed by atoms with Crippen LogP contribution in [0, 0.1) is 0 Å². The van der Waals surface area contributed by atoms with E-state index in [2.05, 4.69) is 13.0 Å². The van der Waals surface area contributed by atoms with Gasteiger partial charge in [0, 0.05) is 12.7 Å². The van der Waals surface area contributed by atoms with Crippen LogP contribution in [0.3, 0.4) is 0 Å². The summed E-state index contributed by atoms with van der Waals surface area (Å²) in [6, 6.07) is 6.01. The monoisotopic (exact) mass is 458 g/mol. The van der Waals surface area contributed by atoms with Crippen molar-refractivity contribution in [1.82, 2.24) is 0 Å². The first-order valence-electron chi connectivity index (χ1n) is 11.5. The Hall–Kier alpha value is -1.26. The SMILES string of the molecule is CCCCc1ccc(OCCOCCOCCOCCOCCOCCOC)c(CO)c1. The Labute approximate surface area is 193 Å². The zero-order valence-electron chi connectivity index (χ0n) is 19.9. The lowest BCUT2D eigenvalue weighted by Crippen LogP contribution is -2.14. The maximum atomic E-state index is 9.57. The number of ether oxygens (including phenoxy) is 7. The van der Waals surface area contributed by atoms with Crippen molar-refractivity contribution in [2.75, 3.05) is 86.4 Å². The number of aliphatic hydroxyl groups is 1. The van der Waals surface area contributed by atoms with E-state index in [0.717, 1.165) is 24.8 Å². The fraction of sp³-hybridized carbons (Fsp3) is 0.750. The van der Waals surface area contributed by atoms with E-state index in [4.69, 9.17) is 33.2 Å². The van der Waals surface area contributed by atoms with Gasteiger partial charge < -0.3 is 38.3 Å². The van der Waals surface area contributed by atoms with Crippen molar-refractivity contribution >= 4 is 0 Å². The Morgan fingerprint density at radius 1 is 0.688 bits per heavy atom. The Bertz CT molecular complexity index is 541. The molecule has 0 bridgehead atoms. The normalized spacial score (nSPS) is 11.2. The lowest BCUT2D eigenvalue weighted by atomic mass is 10.1. The van der Waals surface area contributed by atoms with E-state index >= 15 is 0 Å². The van der Waals surface area contributed by atoms with Crippen molar-refractivity contribution in [2.45, 2.75) is 32.8 Å². The van der Waals surface area contributed by atoms with Gasteiger partial charge in [0.2, 0.25) is 0 Å². The number of aliphatic hydroxyl groups excluding tert-OH is 1. The number of rotatable bonds is 23. The summed E-state index contributed by atoms with van der Waals surface area (Å²) in [6.07, 6.45) is 3.33. The van der Waals surface area contributed by atoms with E-state index in [0.29, 0.717) is 85.0 Å². The van der Waals surface area contributed by atoms with Gasteiger partial charge in [0.25, 0.3) is 0 Å². The van der Waals surface area contributed by atoms with Gasteiger partial charge in [0.05, 0.1) is 79.3 Å². The zero-order chi connectivity index (χ0) is 23.1. The average molecular weight is 459 g/mol. The molecule has 8 heteroatoms. The molecule has 0 amide bonds. The van der Waals surface area contributed by atoms with Crippen LogP contribution in [0.15, 0.2) is 18.2 Å². The number of hydrogen-bond acceptors (Lipinski definition) is 8. The molecule has 1 N–H and O–H groups in total. The van der Waals surface area contributed by atoms with Crippen LogP contribution in [0.1, 0.15) is 30.9 Å². The van der Waals surface area contributed by atoms with Gasteiger partial charge in [-0.15, -0.1) is 0 Å². The summed E-state index contributed by atoms with van der Waals surface area (Å²) >= 11 is 0. The smallest absolute Gasteiger partial charge is 0.124 e. The molecule has 0 unspecified atom stereocenters. The minimum absolute atomic E-state index is 0.0263. The van der Waals surface area contributed by atoms with Crippen molar-refractivity contribution in [2.24, 2.45) is 0 Å². The summed E-state index contributed by atoms with van der Waals surface area (Å²) in [7, 11) is 1.65. The molecule has 0 atom stereocenters. The van der Waals surface area contributed by atoms with Crippen LogP contribution in [-0.4, -0.2) is 91.5 Å². The molecule has 0 saturated carbocycles. The van der Waals surface area contributed by atoms with Crippen molar-refractivity contribution < 1.29 is 38.3 Å². The molecule has 0 radical (unpaired) electrons. The molecule has 1 aromatic rings. The largest absolute Gasteiger partial charge is 0.491 e. The van der Waals surface area contributed by atoms with Crippen molar-refractivity contribution in [3.05, 3.63) is 29.3 Å². The number of benzene rings is 1. The summed E-state index contributed by atoms with van der Waals surface area (Å²) in [5.74, 6) is 0.715. The van der Waals surface area contributed by atoms with Gasteiger partial charge in [0.15, 0.2) is 0 Å². The van der Waals surface area contributed by atoms with E-state index in [1.807, 2.05) is 12.1 Å². The van der Waals surface area contributed by atoms with Gasteiger partial charge in [0.1, 0.15) is 12.4 Å². The van der Waals surface area contributed by atoms with Crippen LogP contribution in [0.25, 0.3) is 0 Å². The highest BCUT2D eigenvalue weighted by atomic mass is 16.6. The molecule has 0 saturated heterocycles. The third kappa shape index (κ3) is 15.5. The van der Waals surface area contributed by atoms with E-state index in [-0.39, 0.29) is 6.61 Å². The van der Waals surface area contributed by atoms with Crippen LogP contribution in [0.4, 0.5) is 0 Å². The molecule has 186 valence electrons. The predicted octanol–water partition coefficient (Wildman–Crippen LogP) is 2.63. The fourth-order valence-electron chi connectivity index (χ4n) is 2.77. The molecule has 32 heavy (non-hydrogen) atoms. The Balaban J connectivity index is 1.89. The first kappa shape index (κ1) is 28.8. The molecule has 8 nitrogen and oxygen atoms in total. The molecule has 0 aliphatic rings. The topological polar surface area (TPSA) is 84.8 Å². The summed E-state index contributed by atoms with van der Waals surface area (Å²) in [6.45, 7) is 8.46. The first-order chi connectivity index (χ1) is 15.8. The van der Waals surface area contributed by atoms with Crippen LogP contribution in [0.2, 0.25) is 0 Å². The van der Waals surface area contributed by atoms with E-state index in [1.165, 1.54) is 5.56 Å². The number of hydrogen-bond donors (Lipinski definition) is 1. The van der Waals surface area contributed by atoms with Crippen molar-refractivity contribution in [3.63, 3.8) is 0 Å². The van der Waals surface area contributed by atoms with Gasteiger partial charge in [-0.3, -0.25) is 0 Å². The number of unbranched alkanes of at least 4 members (excludes halogenated alkanes) is 1. The standard InChI is InChI=1S/C24H42O8/c1-3-4-5-22-6-7-24(23(20-22)21-25)32-19-18-31-17-16-30-15-14-29-13-12-28-11-10-27-9-8-26-2/h6-7,20,25H,3-5,8-19,21H2,1-2H3. The molecule has 0 spiro atoms. The van der Waals surface area contributed by atoms with E-state index < -0.39 is 0 Å². The fourth-order valence-corrected chi connectivity index (χ4v) is 2.77. The number of aryl methyl sites for hydroxylation is 1. The maximum absolute atomic E-state index is 9.57. The second-order valence-corrected chi connectivity index (χ2v) is 7.11. The van der Waals surface area contributed by atoms with Crippen molar-refractivity contribution in [3.8, 4) is 5.75 Å². The minimum atomic E-state index is -0.0263. The molecule has 0 fully saturated rings. The molecule has 0 aliphatic carbocycles. The lowest BCUT2D eigenvalue weighted by Gasteiger charge is -2.12. The molecule has 1 rings (SSSR count). The highest BCUT2D eigenvalue weighted by molar-refractivity contribution is 5.37.